The molecule has 2 aromatic heterocycles. The minimum atomic E-state index is 0.380. The highest BCUT2D eigenvalue weighted by atomic mass is 15.2. The molecule has 15 heavy (non-hydrogen) atoms. The summed E-state index contributed by atoms with van der Waals surface area (Å²) in [5.74, 6) is 1.04. The average molecular weight is 202 g/mol. The van der Waals surface area contributed by atoms with Gasteiger partial charge in [-0.25, -0.2) is 9.97 Å². The molecule has 0 saturated carbocycles. The minimum Gasteiger partial charge on any atom is -0.297 e. The van der Waals surface area contributed by atoms with Gasteiger partial charge in [-0.2, -0.15) is 0 Å². The Kier molecular flexibility index (Phi) is 1.95. The Morgan fingerprint density at radius 1 is 1.53 bits per heavy atom. The summed E-state index contributed by atoms with van der Waals surface area (Å²) in [6, 6.07) is 3.95. The zero-order valence-corrected chi connectivity index (χ0v) is 8.77. The number of nitrogens with zero attached hydrogens (tertiary/aromatic N) is 3. The summed E-state index contributed by atoms with van der Waals surface area (Å²) in [5.41, 5.74) is 1.98. The lowest BCUT2D eigenvalue weighted by molar-refractivity contribution is 0.468. The summed E-state index contributed by atoms with van der Waals surface area (Å²) in [7, 11) is 0. The fourth-order valence-corrected chi connectivity index (χ4v) is 2.30. The van der Waals surface area contributed by atoms with Gasteiger partial charge in [-0.05, 0) is 38.4 Å². The summed E-state index contributed by atoms with van der Waals surface area (Å²) in [6.45, 7) is 3.14. The Morgan fingerprint density at radius 3 is 3.27 bits per heavy atom. The Balaban J connectivity index is 2.19. The summed E-state index contributed by atoms with van der Waals surface area (Å²) in [4.78, 5) is 8.93. The zero-order valence-electron chi connectivity index (χ0n) is 8.77. The van der Waals surface area contributed by atoms with Crippen LogP contribution in [0, 0.1) is 6.92 Å². The van der Waals surface area contributed by atoms with Crippen LogP contribution in [0.4, 0.5) is 0 Å². The van der Waals surface area contributed by atoms with Gasteiger partial charge in [0, 0.05) is 6.20 Å². The van der Waals surface area contributed by atoms with E-state index in [0.717, 1.165) is 23.5 Å². The van der Waals surface area contributed by atoms with E-state index >= 15 is 0 Å². The third kappa shape index (κ3) is 1.33. The van der Waals surface area contributed by atoms with E-state index < -0.39 is 0 Å². The Hall–Kier alpha value is -1.42. The predicted octanol–water partition coefficient (Wildman–Crippen LogP) is 1.62. The number of pyridine rings is 1. The van der Waals surface area contributed by atoms with Gasteiger partial charge in [0.25, 0.3) is 0 Å². The number of hydrogen-bond donors (Lipinski definition) is 1. The average Bonchev–Trinajstić information content (AvgIpc) is 2.82. The third-order valence-electron chi connectivity index (χ3n) is 2.97. The Labute approximate surface area is 88.3 Å². The summed E-state index contributed by atoms with van der Waals surface area (Å²) < 4.78 is 2.21. The lowest BCUT2D eigenvalue weighted by atomic mass is 10.3. The smallest absolute Gasteiger partial charge is 0.161 e. The SMILES string of the molecule is Cc1nc2cccnc2n1C1CCCN1. The highest BCUT2D eigenvalue weighted by Gasteiger charge is 2.20. The van der Waals surface area contributed by atoms with Crippen molar-refractivity contribution in [3.63, 3.8) is 0 Å². The maximum absolute atomic E-state index is 4.52. The molecule has 2 aromatic rings. The van der Waals surface area contributed by atoms with Crippen molar-refractivity contribution in [2.45, 2.75) is 25.9 Å². The fourth-order valence-electron chi connectivity index (χ4n) is 2.30. The molecule has 1 atom stereocenters. The van der Waals surface area contributed by atoms with Crippen LogP contribution < -0.4 is 5.32 Å². The summed E-state index contributed by atoms with van der Waals surface area (Å²) >= 11 is 0. The number of fused-ring (bicyclic) bond motifs is 1. The van der Waals surface area contributed by atoms with E-state index in [-0.39, 0.29) is 0 Å². The Bertz CT molecular complexity index is 482. The van der Waals surface area contributed by atoms with Crippen LogP contribution in [0.25, 0.3) is 11.2 Å². The summed E-state index contributed by atoms with van der Waals surface area (Å²) in [5, 5.41) is 3.47. The molecule has 4 nitrogen and oxygen atoms in total. The van der Waals surface area contributed by atoms with E-state index in [2.05, 4.69) is 19.9 Å². The second kappa shape index (κ2) is 3.31. The number of nitrogens with one attached hydrogen (secondary N) is 1. The quantitative estimate of drug-likeness (QED) is 0.764. The highest BCUT2D eigenvalue weighted by Crippen LogP contribution is 2.23. The van der Waals surface area contributed by atoms with Gasteiger partial charge in [-0.1, -0.05) is 0 Å². The predicted molar refractivity (Wildman–Crippen MR) is 58.5 cm³/mol. The topological polar surface area (TPSA) is 42.7 Å². The first-order chi connectivity index (χ1) is 7.36. The largest absolute Gasteiger partial charge is 0.297 e. The maximum Gasteiger partial charge on any atom is 0.161 e. The van der Waals surface area contributed by atoms with Crippen molar-refractivity contribution in [3.05, 3.63) is 24.2 Å². The molecule has 0 spiro atoms. The lowest BCUT2D eigenvalue weighted by Crippen LogP contribution is -2.21. The molecule has 0 amide bonds. The third-order valence-corrected chi connectivity index (χ3v) is 2.97. The van der Waals surface area contributed by atoms with Crippen molar-refractivity contribution in [1.29, 1.82) is 0 Å². The van der Waals surface area contributed by atoms with Crippen LogP contribution in [-0.4, -0.2) is 21.1 Å². The van der Waals surface area contributed by atoms with E-state index in [1.807, 2.05) is 25.3 Å². The van der Waals surface area contributed by atoms with Crippen LogP contribution in [0.3, 0.4) is 0 Å². The first-order valence-corrected chi connectivity index (χ1v) is 5.39. The first-order valence-electron chi connectivity index (χ1n) is 5.39. The number of imidazole rings is 1. The van der Waals surface area contributed by atoms with Gasteiger partial charge in [-0.15, -0.1) is 0 Å². The van der Waals surface area contributed by atoms with Crippen molar-refractivity contribution < 1.29 is 0 Å². The van der Waals surface area contributed by atoms with E-state index in [0.29, 0.717) is 6.17 Å². The first kappa shape index (κ1) is 8.85. The van der Waals surface area contributed by atoms with Gasteiger partial charge in [0.15, 0.2) is 5.65 Å². The van der Waals surface area contributed by atoms with E-state index in [4.69, 9.17) is 0 Å². The van der Waals surface area contributed by atoms with Crippen molar-refractivity contribution in [2.24, 2.45) is 0 Å². The second-order valence-electron chi connectivity index (χ2n) is 3.99. The van der Waals surface area contributed by atoms with Gasteiger partial charge in [0.2, 0.25) is 0 Å². The molecule has 3 rings (SSSR count). The number of hydrogen-bond acceptors (Lipinski definition) is 3. The molecule has 0 aliphatic carbocycles. The van der Waals surface area contributed by atoms with E-state index in [1.165, 1.54) is 12.8 Å². The van der Waals surface area contributed by atoms with Crippen molar-refractivity contribution in [2.75, 3.05) is 6.54 Å². The van der Waals surface area contributed by atoms with Crippen LogP contribution in [-0.2, 0) is 0 Å². The molecule has 1 aliphatic heterocycles. The highest BCUT2D eigenvalue weighted by molar-refractivity contribution is 5.71. The molecule has 78 valence electrons. The molecule has 1 N–H and O–H groups in total. The van der Waals surface area contributed by atoms with Crippen molar-refractivity contribution >= 4 is 11.2 Å². The molecular weight excluding hydrogens is 188 g/mol. The van der Waals surface area contributed by atoms with Gasteiger partial charge in [0.05, 0.1) is 6.17 Å². The minimum absolute atomic E-state index is 0.380. The van der Waals surface area contributed by atoms with Crippen LogP contribution in [0.15, 0.2) is 18.3 Å². The molecule has 1 unspecified atom stereocenters. The summed E-state index contributed by atoms with van der Waals surface area (Å²) in [6.07, 6.45) is 4.61. The van der Waals surface area contributed by atoms with Crippen LogP contribution in [0.2, 0.25) is 0 Å². The van der Waals surface area contributed by atoms with Crippen molar-refractivity contribution in [3.8, 4) is 0 Å². The molecular formula is C11H14N4. The van der Waals surface area contributed by atoms with E-state index in [9.17, 15) is 0 Å². The molecule has 1 saturated heterocycles. The monoisotopic (exact) mass is 202 g/mol. The van der Waals surface area contributed by atoms with Gasteiger partial charge in [-0.3, -0.25) is 9.88 Å². The molecule has 0 aromatic carbocycles. The molecule has 0 radical (unpaired) electrons. The van der Waals surface area contributed by atoms with Crippen LogP contribution >= 0.6 is 0 Å². The van der Waals surface area contributed by atoms with Gasteiger partial charge < -0.3 is 0 Å². The molecule has 0 bridgehead atoms. The maximum atomic E-state index is 4.52. The zero-order chi connectivity index (χ0) is 10.3. The van der Waals surface area contributed by atoms with Crippen LogP contribution in [0.1, 0.15) is 24.8 Å². The standard InChI is InChI=1S/C11H14N4/c1-8-14-9-4-2-7-13-11(9)15(8)10-5-3-6-12-10/h2,4,7,10,12H,3,5-6H2,1H3. The van der Waals surface area contributed by atoms with Crippen LogP contribution in [0.5, 0.6) is 0 Å². The number of aromatic nitrogens is 3. The number of rotatable bonds is 1. The number of aryl methyl sites for hydroxylation is 1. The Morgan fingerprint density at radius 2 is 2.47 bits per heavy atom. The van der Waals surface area contributed by atoms with Crippen molar-refractivity contribution in [1.82, 2.24) is 19.9 Å². The van der Waals surface area contributed by atoms with Gasteiger partial charge in [0.1, 0.15) is 11.3 Å². The molecule has 3 heterocycles. The second-order valence-corrected chi connectivity index (χ2v) is 3.99. The fraction of sp³-hybridized carbons (Fsp3) is 0.455. The van der Waals surface area contributed by atoms with E-state index in [1.54, 1.807) is 0 Å². The normalized spacial score (nSPS) is 21.3. The lowest BCUT2D eigenvalue weighted by Gasteiger charge is -2.14. The molecule has 1 aliphatic rings. The van der Waals surface area contributed by atoms with Gasteiger partial charge >= 0.3 is 0 Å². The molecule has 4 heteroatoms. The molecule has 1 fully saturated rings.